The van der Waals surface area contributed by atoms with Crippen LogP contribution in [0.2, 0.25) is 0 Å². The van der Waals surface area contributed by atoms with Crippen LogP contribution >= 0.6 is 12.4 Å². The number of amides is 1. The smallest absolute Gasteiger partial charge is 0.257 e. The molecule has 2 aromatic carbocycles. The second-order valence-corrected chi connectivity index (χ2v) is 6.48. The lowest BCUT2D eigenvalue weighted by Gasteiger charge is -2.12. The Balaban J connectivity index is 0.00000243. The molecule has 0 aliphatic heterocycles. The minimum atomic E-state index is -0.156. The highest BCUT2D eigenvalue weighted by atomic mass is 35.5. The van der Waals surface area contributed by atoms with Gasteiger partial charge in [0.25, 0.3) is 5.91 Å². The van der Waals surface area contributed by atoms with Gasteiger partial charge in [0.2, 0.25) is 0 Å². The summed E-state index contributed by atoms with van der Waals surface area (Å²) >= 11 is 0. The molecule has 26 heavy (non-hydrogen) atoms. The van der Waals surface area contributed by atoms with Gasteiger partial charge in [0, 0.05) is 12.6 Å². The van der Waals surface area contributed by atoms with Crippen molar-refractivity contribution in [2.75, 3.05) is 13.2 Å². The monoisotopic (exact) mass is 376 g/mol. The first kappa shape index (κ1) is 20.1. The predicted octanol–water partition coefficient (Wildman–Crippen LogP) is 3.44. The fourth-order valence-corrected chi connectivity index (χ4v) is 2.47. The van der Waals surface area contributed by atoms with E-state index in [0.717, 1.165) is 11.5 Å². The maximum atomic E-state index is 11.8. The van der Waals surface area contributed by atoms with E-state index in [2.05, 4.69) is 5.32 Å². The predicted molar refractivity (Wildman–Crippen MR) is 104 cm³/mol. The number of halogens is 1. The van der Waals surface area contributed by atoms with Crippen LogP contribution in [-0.2, 0) is 4.79 Å². The zero-order chi connectivity index (χ0) is 17.6. The van der Waals surface area contributed by atoms with Gasteiger partial charge in [-0.25, -0.2) is 0 Å². The number of rotatable bonds is 8. The van der Waals surface area contributed by atoms with Gasteiger partial charge in [0.15, 0.2) is 6.61 Å². The molecule has 3 N–H and O–H groups in total. The summed E-state index contributed by atoms with van der Waals surface area (Å²) in [6.07, 6.45) is 2.34. The molecule has 1 saturated carbocycles. The molecule has 0 spiro atoms. The summed E-state index contributed by atoms with van der Waals surface area (Å²) in [5, 5.41) is 2.81. The number of carbonyl (C=O) groups is 1. The minimum Gasteiger partial charge on any atom is -0.484 e. The standard InChI is InChI=1S/C20H24N2O3.ClH/c1-14-2-6-17(7-3-14)25-18-10-8-16(9-11-18)24-13-20(23)22-12-19(21)15-4-5-15;/h2-3,6-11,15,19H,4-5,12-13,21H2,1H3,(H,22,23);1H. The molecular formula is C20H25ClN2O3. The van der Waals surface area contributed by atoms with Gasteiger partial charge < -0.3 is 20.5 Å². The lowest BCUT2D eigenvalue weighted by atomic mass is 10.2. The van der Waals surface area contributed by atoms with E-state index in [-0.39, 0.29) is 31.0 Å². The van der Waals surface area contributed by atoms with Crippen molar-refractivity contribution in [3.8, 4) is 17.2 Å². The average molecular weight is 377 g/mol. The number of nitrogens with two attached hydrogens (primary N) is 1. The Morgan fingerprint density at radius 3 is 2.19 bits per heavy atom. The van der Waals surface area contributed by atoms with Gasteiger partial charge in [0.1, 0.15) is 17.2 Å². The molecule has 2 aromatic rings. The van der Waals surface area contributed by atoms with Crippen LogP contribution in [0, 0.1) is 12.8 Å². The number of benzene rings is 2. The fourth-order valence-electron chi connectivity index (χ4n) is 2.47. The Kier molecular flexibility index (Phi) is 7.30. The lowest BCUT2D eigenvalue weighted by Crippen LogP contribution is -2.40. The summed E-state index contributed by atoms with van der Waals surface area (Å²) in [5.74, 6) is 2.54. The van der Waals surface area contributed by atoms with Crippen LogP contribution in [0.5, 0.6) is 17.2 Å². The zero-order valence-electron chi connectivity index (χ0n) is 14.8. The highest BCUT2D eigenvalue weighted by Gasteiger charge is 2.28. The topological polar surface area (TPSA) is 73.6 Å². The van der Waals surface area contributed by atoms with E-state index in [1.807, 2.05) is 43.3 Å². The van der Waals surface area contributed by atoms with E-state index < -0.39 is 0 Å². The molecule has 0 radical (unpaired) electrons. The van der Waals surface area contributed by atoms with E-state index in [9.17, 15) is 4.79 Å². The van der Waals surface area contributed by atoms with Gasteiger partial charge in [-0.1, -0.05) is 17.7 Å². The summed E-state index contributed by atoms with van der Waals surface area (Å²) in [5.41, 5.74) is 7.14. The third kappa shape index (κ3) is 6.24. The molecule has 6 heteroatoms. The number of hydrogen-bond acceptors (Lipinski definition) is 4. The van der Waals surface area contributed by atoms with Crippen LogP contribution in [-0.4, -0.2) is 25.1 Å². The van der Waals surface area contributed by atoms with Crippen molar-refractivity contribution in [1.82, 2.24) is 5.32 Å². The Hall–Kier alpha value is -2.24. The van der Waals surface area contributed by atoms with Crippen molar-refractivity contribution in [3.63, 3.8) is 0 Å². The van der Waals surface area contributed by atoms with Crippen molar-refractivity contribution in [1.29, 1.82) is 0 Å². The molecule has 0 aromatic heterocycles. The Morgan fingerprint density at radius 2 is 1.62 bits per heavy atom. The van der Waals surface area contributed by atoms with Gasteiger partial charge in [-0.15, -0.1) is 12.4 Å². The maximum Gasteiger partial charge on any atom is 0.257 e. The molecule has 0 saturated heterocycles. The van der Waals surface area contributed by atoms with Crippen molar-refractivity contribution < 1.29 is 14.3 Å². The van der Waals surface area contributed by atoms with E-state index in [1.165, 1.54) is 18.4 Å². The highest BCUT2D eigenvalue weighted by Crippen LogP contribution is 2.31. The largest absolute Gasteiger partial charge is 0.484 e. The Bertz CT molecular complexity index is 700. The van der Waals surface area contributed by atoms with Crippen molar-refractivity contribution in [2.24, 2.45) is 11.7 Å². The number of aryl methyl sites for hydroxylation is 1. The Labute approximate surface area is 160 Å². The summed E-state index contributed by atoms with van der Waals surface area (Å²) < 4.78 is 11.2. The molecule has 1 fully saturated rings. The zero-order valence-corrected chi connectivity index (χ0v) is 15.6. The molecule has 5 nitrogen and oxygen atoms in total. The summed E-state index contributed by atoms with van der Waals surface area (Å²) in [7, 11) is 0. The first-order valence-corrected chi connectivity index (χ1v) is 8.60. The molecular weight excluding hydrogens is 352 g/mol. The van der Waals surface area contributed by atoms with Crippen LogP contribution in [0.3, 0.4) is 0 Å². The van der Waals surface area contributed by atoms with E-state index in [1.54, 1.807) is 12.1 Å². The number of hydrogen-bond donors (Lipinski definition) is 2. The molecule has 1 aliphatic rings. The lowest BCUT2D eigenvalue weighted by molar-refractivity contribution is -0.123. The first-order valence-electron chi connectivity index (χ1n) is 8.60. The van der Waals surface area contributed by atoms with Crippen LogP contribution < -0.4 is 20.5 Å². The summed E-state index contributed by atoms with van der Waals surface area (Å²) in [6.45, 7) is 2.53. The molecule has 0 heterocycles. The fraction of sp³-hybridized carbons (Fsp3) is 0.350. The minimum absolute atomic E-state index is 0. The second-order valence-electron chi connectivity index (χ2n) is 6.48. The van der Waals surface area contributed by atoms with Crippen LogP contribution in [0.4, 0.5) is 0 Å². The van der Waals surface area contributed by atoms with Crippen LogP contribution in [0.1, 0.15) is 18.4 Å². The van der Waals surface area contributed by atoms with E-state index in [4.69, 9.17) is 15.2 Å². The molecule has 0 bridgehead atoms. The third-order valence-electron chi connectivity index (χ3n) is 4.21. The second kappa shape index (κ2) is 9.46. The van der Waals surface area contributed by atoms with Gasteiger partial charge in [0.05, 0.1) is 0 Å². The third-order valence-corrected chi connectivity index (χ3v) is 4.21. The number of nitrogens with one attached hydrogen (secondary N) is 1. The number of ether oxygens (including phenoxy) is 2. The highest BCUT2D eigenvalue weighted by molar-refractivity contribution is 5.85. The maximum absolute atomic E-state index is 11.8. The Morgan fingerprint density at radius 1 is 1.08 bits per heavy atom. The van der Waals surface area contributed by atoms with Gasteiger partial charge in [-0.3, -0.25) is 4.79 Å². The van der Waals surface area contributed by atoms with Gasteiger partial charge in [-0.05, 0) is 62.1 Å². The SMILES string of the molecule is Cc1ccc(Oc2ccc(OCC(=O)NCC(N)C3CC3)cc2)cc1.Cl. The van der Waals surface area contributed by atoms with Gasteiger partial charge in [-0.2, -0.15) is 0 Å². The normalized spacial score (nSPS) is 14.1. The van der Waals surface area contributed by atoms with Crippen molar-refractivity contribution in [2.45, 2.75) is 25.8 Å². The quantitative estimate of drug-likeness (QED) is 0.740. The molecule has 1 amide bonds. The molecule has 3 rings (SSSR count). The summed E-state index contributed by atoms with van der Waals surface area (Å²) in [6, 6.07) is 15.1. The summed E-state index contributed by atoms with van der Waals surface area (Å²) in [4.78, 5) is 11.8. The van der Waals surface area contributed by atoms with E-state index >= 15 is 0 Å². The molecule has 1 unspecified atom stereocenters. The average Bonchev–Trinajstić information content (AvgIpc) is 3.46. The first-order chi connectivity index (χ1) is 12.1. The van der Waals surface area contributed by atoms with Crippen molar-refractivity contribution in [3.05, 3.63) is 54.1 Å². The van der Waals surface area contributed by atoms with Crippen LogP contribution in [0.15, 0.2) is 48.5 Å². The van der Waals surface area contributed by atoms with E-state index in [0.29, 0.717) is 18.2 Å². The van der Waals surface area contributed by atoms with Crippen molar-refractivity contribution >= 4 is 18.3 Å². The van der Waals surface area contributed by atoms with Crippen LogP contribution in [0.25, 0.3) is 0 Å². The number of carbonyl (C=O) groups excluding carboxylic acids is 1. The molecule has 1 atom stereocenters. The molecule has 1 aliphatic carbocycles. The van der Waals surface area contributed by atoms with Gasteiger partial charge >= 0.3 is 0 Å². The molecule has 140 valence electrons.